The molecule has 1 atom stereocenters. The van der Waals surface area contributed by atoms with Crippen LogP contribution in [-0.4, -0.2) is 14.4 Å². The number of esters is 1. The van der Waals surface area contributed by atoms with Crippen LogP contribution in [0.2, 0.25) is 0 Å². The zero-order chi connectivity index (χ0) is 19.6. The summed E-state index contributed by atoms with van der Waals surface area (Å²) in [4.78, 5) is 12.4. The lowest BCUT2D eigenvalue weighted by Gasteiger charge is -2.28. The first kappa shape index (κ1) is 18.2. The lowest BCUT2D eigenvalue weighted by atomic mass is 10.1. The maximum absolute atomic E-state index is 12.4. The minimum Gasteiger partial charge on any atom is -0.457 e. The smallest absolute Gasteiger partial charge is 0.338 e. The van der Waals surface area contributed by atoms with Crippen molar-refractivity contribution in [2.24, 2.45) is 0 Å². The molecule has 1 heterocycles. The van der Waals surface area contributed by atoms with Crippen molar-refractivity contribution in [2.75, 3.05) is 5.32 Å². The van der Waals surface area contributed by atoms with Crippen molar-refractivity contribution in [1.82, 2.24) is 4.72 Å². The number of nitrogens with one attached hydrogen (secondary N) is 2. The fourth-order valence-corrected chi connectivity index (χ4v) is 4.30. The average Bonchev–Trinajstić information content (AvgIpc) is 2.72. The summed E-state index contributed by atoms with van der Waals surface area (Å²) in [5.41, 5.74) is 2.54. The Hall–Kier alpha value is -3.16. The number of fused-ring (bicyclic) bond motifs is 1. The van der Waals surface area contributed by atoms with Crippen molar-refractivity contribution in [2.45, 2.75) is 17.7 Å². The van der Waals surface area contributed by atoms with Crippen molar-refractivity contribution in [3.05, 3.63) is 95.6 Å². The van der Waals surface area contributed by atoms with Crippen LogP contribution >= 0.6 is 0 Å². The Bertz CT molecular complexity index is 1100. The highest BCUT2D eigenvalue weighted by molar-refractivity contribution is 7.89. The first-order valence-electron chi connectivity index (χ1n) is 8.72. The van der Waals surface area contributed by atoms with E-state index < -0.39 is 22.2 Å². The summed E-state index contributed by atoms with van der Waals surface area (Å²) in [5, 5.41) is 3.16. The molecule has 28 heavy (non-hydrogen) atoms. The van der Waals surface area contributed by atoms with Gasteiger partial charge in [0.25, 0.3) is 0 Å². The summed E-state index contributed by atoms with van der Waals surface area (Å²) in [6, 6.07) is 22.8. The Morgan fingerprint density at radius 2 is 1.57 bits per heavy atom. The number of carbonyl (C=O) groups excluding carboxylic acids is 1. The molecule has 3 aromatic rings. The van der Waals surface area contributed by atoms with Crippen LogP contribution in [0.3, 0.4) is 0 Å². The van der Waals surface area contributed by atoms with E-state index in [2.05, 4.69) is 10.0 Å². The Labute approximate surface area is 163 Å². The van der Waals surface area contributed by atoms with E-state index in [4.69, 9.17) is 4.74 Å². The minimum absolute atomic E-state index is 0.197. The molecule has 1 unspecified atom stereocenters. The van der Waals surface area contributed by atoms with Gasteiger partial charge < -0.3 is 10.1 Å². The van der Waals surface area contributed by atoms with Gasteiger partial charge in [-0.25, -0.2) is 13.2 Å². The van der Waals surface area contributed by atoms with E-state index in [9.17, 15) is 13.2 Å². The van der Waals surface area contributed by atoms with Crippen LogP contribution in [0, 0.1) is 0 Å². The third-order valence-electron chi connectivity index (χ3n) is 4.44. The summed E-state index contributed by atoms with van der Waals surface area (Å²) >= 11 is 0. The van der Waals surface area contributed by atoms with Crippen LogP contribution in [0.5, 0.6) is 0 Å². The first-order chi connectivity index (χ1) is 13.5. The van der Waals surface area contributed by atoms with Crippen LogP contribution in [0.1, 0.15) is 27.7 Å². The number of benzene rings is 3. The first-order valence-corrected chi connectivity index (χ1v) is 10.2. The average molecular weight is 394 g/mol. The molecule has 142 valence electrons. The summed E-state index contributed by atoms with van der Waals surface area (Å²) < 4.78 is 32.8. The van der Waals surface area contributed by atoms with E-state index in [1.807, 2.05) is 30.3 Å². The van der Waals surface area contributed by atoms with Gasteiger partial charge in [-0.2, -0.15) is 4.72 Å². The van der Waals surface area contributed by atoms with Crippen molar-refractivity contribution >= 4 is 21.7 Å². The zero-order valence-electron chi connectivity index (χ0n) is 14.8. The van der Waals surface area contributed by atoms with Crippen molar-refractivity contribution in [3.8, 4) is 0 Å². The van der Waals surface area contributed by atoms with E-state index in [-0.39, 0.29) is 11.5 Å². The molecule has 6 nitrogen and oxygen atoms in total. The summed E-state index contributed by atoms with van der Waals surface area (Å²) in [6.45, 7) is 0.197. The number of hydrogen-bond donors (Lipinski definition) is 2. The highest BCUT2D eigenvalue weighted by Crippen LogP contribution is 2.30. The molecule has 1 aliphatic heterocycles. The quantitative estimate of drug-likeness (QED) is 0.662. The van der Waals surface area contributed by atoms with E-state index in [0.717, 1.165) is 5.56 Å². The maximum Gasteiger partial charge on any atom is 0.338 e. The summed E-state index contributed by atoms with van der Waals surface area (Å²) in [5.74, 6) is -0.432. The second-order valence-electron chi connectivity index (χ2n) is 6.38. The molecule has 0 fully saturated rings. The van der Waals surface area contributed by atoms with Crippen LogP contribution in [-0.2, 0) is 21.4 Å². The van der Waals surface area contributed by atoms with Crippen molar-refractivity contribution < 1.29 is 17.9 Å². The molecule has 7 heteroatoms. The topological polar surface area (TPSA) is 84.5 Å². The Balaban J connectivity index is 1.47. The fourth-order valence-electron chi connectivity index (χ4n) is 2.99. The molecule has 0 saturated carbocycles. The molecule has 3 aromatic carbocycles. The minimum atomic E-state index is -3.61. The molecular weight excluding hydrogens is 376 g/mol. The SMILES string of the molecule is O=C(OCc1ccccc1)c1ccc(C2Nc3ccccc3S(=O)(=O)N2)cc1. The third-order valence-corrected chi connectivity index (χ3v) is 5.92. The van der Waals surface area contributed by atoms with Gasteiger partial charge in [0.05, 0.1) is 11.3 Å². The van der Waals surface area contributed by atoms with Gasteiger partial charge in [-0.1, -0.05) is 54.6 Å². The Kier molecular flexibility index (Phi) is 4.85. The standard InChI is InChI=1S/C21H18N2O4S/c24-21(27-14-15-6-2-1-3-7-15)17-12-10-16(11-13-17)20-22-18-8-4-5-9-19(18)28(25,26)23-20/h1-13,20,22-23H,14H2. The molecule has 0 bridgehead atoms. The molecule has 0 amide bonds. The lowest BCUT2D eigenvalue weighted by molar-refractivity contribution is 0.0472. The zero-order valence-corrected chi connectivity index (χ0v) is 15.6. The van der Waals surface area contributed by atoms with Crippen LogP contribution in [0.4, 0.5) is 5.69 Å². The number of para-hydroxylation sites is 1. The molecule has 0 aromatic heterocycles. The highest BCUT2D eigenvalue weighted by atomic mass is 32.2. The van der Waals surface area contributed by atoms with Crippen LogP contribution in [0.25, 0.3) is 0 Å². The van der Waals surface area contributed by atoms with Gasteiger partial charge in [-0.05, 0) is 35.4 Å². The van der Waals surface area contributed by atoms with Gasteiger partial charge in [-0.15, -0.1) is 0 Å². The molecule has 0 radical (unpaired) electrons. The highest BCUT2D eigenvalue weighted by Gasteiger charge is 2.29. The monoisotopic (exact) mass is 394 g/mol. The van der Waals surface area contributed by atoms with Crippen molar-refractivity contribution in [1.29, 1.82) is 0 Å². The molecule has 4 rings (SSSR count). The van der Waals surface area contributed by atoms with Crippen LogP contribution < -0.4 is 10.0 Å². The molecule has 1 aliphatic rings. The predicted molar refractivity (Wildman–Crippen MR) is 105 cm³/mol. The predicted octanol–water partition coefficient (Wildman–Crippen LogP) is 3.45. The molecule has 2 N–H and O–H groups in total. The molecular formula is C21H18N2O4S. The Morgan fingerprint density at radius 1 is 0.893 bits per heavy atom. The third kappa shape index (κ3) is 3.76. The fraction of sp³-hybridized carbons (Fsp3) is 0.0952. The number of rotatable bonds is 4. The van der Waals surface area contributed by atoms with Gasteiger partial charge >= 0.3 is 5.97 Å². The lowest BCUT2D eigenvalue weighted by Crippen LogP contribution is -2.38. The van der Waals surface area contributed by atoms with Crippen LogP contribution in [0.15, 0.2) is 83.8 Å². The second-order valence-corrected chi connectivity index (χ2v) is 8.06. The summed E-state index contributed by atoms with van der Waals surface area (Å²) in [7, 11) is -3.61. The number of carbonyl (C=O) groups is 1. The van der Waals surface area contributed by atoms with Crippen molar-refractivity contribution in [3.63, 3.8) is 0 Å². The second kappa shape index (κ2) is 7.46. The number of ether oxygens (including phenoxy) is 1. The number of hydrogen-bond acceptors (Lipinski definition) is 5. The van der Waals surface area contributed by atoms with Gasteiger partial charge in [0.15, 0.2) is 0 Å². The molecule has 0 spiro atoms. The van der Waals surface area contributed by atoms with E-state index in [1.54, 1.807) is 48.5 Å². The van der Waals surface area contributed by atoms with Gasteiger partial charge in [0, 0.05) is 0 Å². The van der Waals surface area contributed by atoms with Gasteiger partial charge in [0.1, 0.15) is 17.7 Å². The number of sulfonamides is 1. The Morgan fingerprint density at radius 3 is 2.32 bits per heavy atom. The number of anilines is 1. The molecule has 0 saturated heterocycles. The van der Waals surface area contributed by atoms with E-state index in [0.29, 0.717) is 16.8 Å². The van der Waals surface area contributed by atoms with Gasteiger partial charge in [0.2, 0.25) is 10.0 Å². The van der Waals surface area contributed by atoms with E-state index in [1.165, 1.54) is 0 Å². The van der Waals surface area contributed by atoms with E-state index >= 15 is 0 Å². The largest absolute Gasteiger partial charge is 0.457 e. The molecule has 0 aliphatic carbocycles. The van der Waals surface area contributed by atoms with Gasteiger partial charge in [-0.3, -0.25) is 0 Å². The summed E-state index contributed by atoms with van der Waals surface area (Å²) in [6.07, 6.45) is -0.616. The maximum atomic E-state index is 12.4. The normalized spacial score (nSPS) is 17.2.